The van der Waals surface area contributed by atoms with Crippen LogP contribution in [0.15, 0.2) is 18.2 Å². The van der Waals surface area contributed by atoms with Crippen molar-refractivity contribution in [1.82, 2.24) is 5.32 Å². The van der Waals surface area contributed by atoms with Gasteiger partial charge in [-0.3, -0.25) is 0 Å². The van der Waals surface area contributed by atoms with Crippen molar-refractivity contribution in [2.45, 2.75) is 39.3 Å². The van der Waals surface area contributed by atoms with E-state index >= 15 is 0 Å². The van der Waals surface area contributed by atoms with Crippen molar-refractivity contribution in [3.63, 3.8) is 0 Å². The minimum Gasteiger partial charge on any atom is -0.496 e. The van der Waals surface area contributed by atoms with Crippen molar-refractivity contribution in [3.05, 3.63) is 23.8 Å². The summed E-state index contributed by atoms with van der Waals surface area (Å²) in [4.78, 5) is 11.9. The highest BCUT2D eigenvalue weighted by molar-refractivity contribution is 7.80. The predicted molar refractivity (Wildman–Crippen MR) is 91.2 cm³/mol. The second kappa shape index (κ2) is 7.31. The number of nitrogens with two attached hydrogens (primary N) is 1. The summed E-state index contributed by atoms with van der Waals surface area (Å²) in [7, 11) is 1.57. The van der Waals surface area contributed by atoms with Crippen LogP contribution in [0, 0.1) is 0 Å². The van der Waals surface area contributed by atoms with Gasteiger partial charge in [-0.25, -0.2) is 4.79 Å². The average Bonchev–Trinajstić information content (AvgIpc) is 2.35. The number of thiocarbonyl (C=S) groups is 1. The van der Waals surface area contributed by atoms with E-state index in [1.54, 1.807) is 19.2 Å². The van der Waals surface area contributed by atoms with Gasteiger partial charge in [-0.05, 0) is 58.1 Å². The van der Waals surface area contributed by atoms with Crippen molar-refractivity contribution in [2.24, 2.45) is 5.73 Å². The first kappa shape index (κ1) is 18.0. The molecule has 1 atom stereocenters. The van der Waals surface area contributed by atoms with Gasteiger partial charge in [0.15, 0.2) is 5.11 Å². The molecule has 7 heteroatoms. The zero-order valence-corrected chi connectivity index (χ0v) is 14.3. The van der Waals surface area contributed by atoms with Crippen LogP contribution in [0.25, 0.3) is 0 Å². The summed E-state index contributed by atoms with van der Waals surface area (Å²) in [6.45, 7) is 7.27. The van der Waals surface area contributed by atoms with Crippen LogP contribution in [0.3, 0.4) is 0 Å². The number of benzene rings is 1. The predicted octanol–water partition coefficient (Wildman–Crippen LogP) is 2.94. The molecule has 1 amide bonds. The van der Waals surface area contributed by atoms with Crippen molar-refractivity contribution in [3.8, 4) is 5.75 Å². The van der Waals surface area contributed by atoms with E-state index in [0.29, 0.717) is 5.75 Å². The second-order valence-corrected chi connectivity index (χ2v) is 6.25. The van der Waals surface area contributed by atoms with Crippen molar-refractivity contribution >= 4 is 29.1 Å². The third kappa shape index (κ3) is 5.77. The molecule has 1 aromatic rings. The molecule has 4 N–H and O–H groups in total. The van der Waals surface area contributed by atoms with Gasteiger partial charge in [-0.15, -0.1) is 0 Å². The molecule has 0 heterocycles. The lowest BCUT2D eigenvalue weighted by molar-refractivity contribution is 0.0507. The summed E-state index contributed by atoms with van der Waals surface area (Å²) >= 11 is 4.82. The Hall–Kier alpha value is -2.02. The number of hydrogen-bond acceptors (Lipinski definition) is 4. The SMILES string of the molecule is COc1ccc(NC(N)=S)cc1C(C)NC(=O)OC(C)(C)C. The lowest BCUT2D eigenvalue weighted by Gasteiger charge is -2.23. The maximum atomic E-state index is 11.9. The number of alkyl carbamates (subject to hydrolysis) is 1. The summed E-state index contributed by atoms with van der Waals surface area (Å²) < 4.78 is 10.6. The van der Waals surface area contributed by atoms with Gasteiger partial charge in [0.1, 0.15) is 11.4 Å². The van der Waals surface area contributed by atoms with Gasteiger partial charge < -0.3 is 25.8 Å². The number of carbonyl (C=O) groups excluding carboxylic acids is 1. The van der Waals surface area contributed by atoms with Gasteiger partial charge in [-0.1, -0.05) is 0 Å². The van der Waals surface area contributed by atoms with Crippen LogP contribution in [0.4, 0.5) is 10.5 Å². The van der Waals surface area contributed by atoms with Gasteiger partial charge in [0, 0.05) is 11.3 Å². The summed E-state index contributed by atoms with van der Waals surface area (Å²) in [6.07, 6.45) is -0.491. The zero-order valence-electron chi connectivity index (χ0n) is 13.5. The molecule has 0 bridgehead atoms. The number of rotatable bonds is 4. The molecule has 0 saturated carbocycles. The van der Waals surface area contributed by atoms with Crippen LogP contribution in [0.2, 0.25) is 0 Å². The minimum atomic E-state index is -0.553. The van der Waals surface area contributed by atoms with Crippen LogP contribution in [-0.2, 0) is 4.74 Å². The van der Waals surface area contributed by atoms with E-state index in [4.69, 9.17) is 27.4 Å². The van der Waals surface area contributed by atoms with Gasteiger partial charge >= 0.3 is 6.09 Å². The fourth-order valence-corrected chi connectivity index (χ4v) is 1.97. The Morgan fingerprint density at radius 1 is 1.36 bits per heavy atom. The smallest absolute Gasteiger partial charge is 0.408 e. The molecular formula is C15H23N3O3S. The van der Waals surface area contributed by atoms with E-state index in [0.717, 1.165) is 11.3 Å². The highest BCUT2D eigenvalue weighted by Crippen LogP contribution is 2.28. The number of ether oxygens (including phenoxy) is 2. The third-order valence-corrected chi connectivity index (χ3v) is 2.80. The van der Waals surface area contributed by atoms with E-state index in [1.165, 1.54) is 0 Å². The molecule has 22 heavy (non-hydrogen) atoms. The molecule has 1 rings (SSSR count). The van der Waals surface area contributed by atoms with Gasteiger partial charge in [-0.2, -0.15) is 0 Å². The summed E-state index contributed by atoms with van der Waals surface area (Å²) in [5.74, 6) is 0.650. The summed E-state index contributed by atoms with van der Waals surface area (Å²) in [5, 5.41) is 5.80. The Balaban J connectivity index is 2.92. The monoisotopic (exact) mass is 325 g/mol. The van der Waals surface area contributed by atoms with Crippen molar-refractivity contribution < 1.29 is 14.3 Å². The molecule has 0 fully saturated rings. The molecule has 0 aromatic heterocycles. The first-order valence-corrected chi connectivity index (χ1v) is 7.27. The molecule has 0 aliphatic rings. The largest absolute Gasteiger partial charge is 0.496 e. The van der Waals surface area contributed by atoms with E-state index in [1.807, 2.05) is 33.8 Å². The Morgan fingerprint density at radius 3 is 2.50 bits per heavy atom. The number of amides is 1. The number of carbonyl (C=O) groups is 1. The quantitative estimate of drug-likeness (QED) is 0.738. The highest BCUT2D eigenvalue weighted by atomic mass is 32.1. The molecular weight excluding hydrogens is 302 g/mol. The molecule has 1 aromatic carbocycles. The topological polar surface area (TPSA) is 85.6 Å². The van der Waals surface area contributed by atoms with E-state index < -0.39 is 11.7 Å². The lowest BCUT2D eigenvalue weighted by Crippen LogP contribution is -2.34. The molecule has 6 nitrogen and oxygen atoms in total. The van der Waals surface area contributed by atoms with Crippen molar-refractivity contribution in [2.75, 3.05) is 12.4 Å². The van der Waals surface area contributed by atoms with Crippen LogP contribution >= 0.6 is 12.2 Å². The molecule has 0 spiro atoms. The average molecular weight is 325 g/mol. The molecule has 0 radical (unpaired) electrons. The third-order valence-electron chi connectivity index (χ3n) is 2.70. The minimum absolute atomic E-state index is 0.170. The Morgan fingerprint density at radius 2 is 2.00 bits per heavy atom. The zero-order chi connectivity index (χ0) is 16.9. The maximum absolute atomic E-state index is 11.9. The fourth-order valence-electron chi connectivity index (χ4n) is 1.85. The highest BCUT2D eigenvalue weighted by Gasteiger charge is 2.20. The summed E-state index contributed by atoms with van der Waals surface area (Å²) in [6, 6.07) is 5.09. The Bertz CT molecular complexity index is 555. The molecule has 0 aliphatic carbocycles. The first-order valence-electron chi connectivity index (χ1n) is 6.86. The standard InChI is InChI=1S/C15H23N3O3S/c1-9(17-14(19)21-15(2,3)4)11-8-10(18-13(16)22)6-7-12(11)20-5/h6-9H,1-5H3,(H,17,19)(H3,16,18,22). The van der Waals surface area contributed by atoms with Crippen LogP contribution in [-0.4, -0.2) is 23.9 Å². The maximum Gasteiger partial charge on any atom is 0.408 e. The van der Waals surface area contributed by atoms with Gasteiger partial charge in [0.05, 0.1) is 13.2 Å². The van der Waals surface area contributed by atoms with Crippen LogP contribution in [0.5, 0.6) is 5.75 Å². The van der Waals surface area contributed by atoms with Crippen LogP contribution < -0.4 is 21.1 Å². The van der Waals surface area contributed by atoms with Crippen molar-refractivity contribution in [1.29, 1.82) is 0 Å². The fraction of sp³-hybridized carbons (Fsp3) is 0.467. The van der Waals surface area contributed by atoms with E-state index in [2.05, 4.69) is 10.6 Å². The first-order chi connectivity index (χ1) is 10.1. The second-order valence-electron chi connectivity index (χ2n) is 5.81. The molecule has 1 unspecified atom stereocenters. The molecule has 122 valence electrons. The normalized spacial score (nSPS) is 12.2. The van der Waals surface area contributed by atoms with E-state index in [9.17, 15) is 4.79 Å². The van der Waals surface area contributed by atoms with Gasteiger partial charge in [0.25, 0.3) is 0 Å². The Kier molecular flexibility index (Phi) is 5.99. The molecule has 0 aliphatic heterocycles. The number of methoxy groups -OCH3 is 1. The molecule has 0 saturated heterocycles. The Labute approximate surface area is 136 Å². The lowest BCUT2D eigenvalue weighted by atomic mass is 10.1. The van der Waals surface area contributed by atoms with Crippen LogP contribution in [0.1, 0.15) is 39.3 Å². The van der Waals surface area contributed by atoms with Gasteiger partial charge in [0.2, 0.25) is 0 Å². The number of hydrogen-bond donors (Lipinski definition) is 3. The summed E-state index contributed by atoms with van der Waals surface area (Å²) in [5.41, 5.74) is 6.43. The number of nitrogens with one attached hydrogen (secondary N) is 2. The van der Waals surface area contributed by atoms with E-state index in [-0.39, 0.29) is 11.2 Å². The number of anilines is 1.